The Morgan fingerprint density at radius 3 is 3.10 bits per heavy atom. The number of amides is 1. The number of aromatic amines is 1. The Kier molecular flexibility index (Phi) is 3.74. The molecule has 0 radical (unpaired) electrons. The van der Waals surface area contributed by atoms with Crippen molar-refractivity contribution in [2.45, 2.75) is 26.4 Å². The highest BCUT2D eigenvalue weighted by atomic mass is 16.5. The van der Waals surface area contributed by atoms with E-state index in [-0.39, 0.29) is 11.9 Å². The van der Waals surface area contributed by atoms with E-state index in [0.29, 0.717) is 25.5 Å². The maximum absolute atomic E-state index is 12.7. The number of nitrogens with zero attached hydrogens (tertiary/aromatic N) is 4. The molecule has 2 aromatic heterocycles. The van der Waals surface area contributed by atoms with Crippen molar-refractivity contribution in [2.24, 2.45) is 0 Å². The van der Waals surface area contributed by atoms with Crippen LogP contribution in [0.15, 0.2) is 18.3 Å². The van der Waals surface area contributed by atoms with Gasteiger partial charge in [0.2, 0.25) is 0 Å². The van der Waals surface area contributed by atoms with Crippen LogP contribution in [0.3, 0.4) is 0 Å². The molecule has 1 N–H and O–H groups in total. The van der Waals surface area contributed by atoms with Crippen LogP contribution >= 0.6 is 0 Å². The molecule has 0 unspecified atom stereocenters. The van der Waals surface area contributed by atoms with Gasteiger partial charge in [0, 0.05) is 25.0 Å². The van der Waals surface area contributed by atoms with Crippen LogP contribution in [0.2, 0.25) is 0 Å². The highest BCUT2D eigenvalue weighted by molar-refractivity contribution is 5.92. The van der Waals surface area contributed by atoms with Crippen molar-refractivity contribution >= 4 is 5.91 Å². The number of carbonyl (C=O) groups excluding carboxylic acids is 1. The monoisotopic (exact) mass is 289 g/mol. The Balaban J connectivity index is 1.87. The first-order valence-corrected chi connectivity index (χ1v) is 7.13. The number of nitrogens with one attached hydrogen (secondary N) is 1. The minimum Gasteiger partial charge on any atom is -0.377 e. The van der Waals surface area contributed by atoms with Crippen molar-refractivity contribution in [3.63, 3.8) is 0 Å². The number of carbonyl (C=O) groups is 1. The minimum atomic E-state index is -0.138. The van der Waals surface area contributed by atoms with Gasteiger partial charge < -0.3 is 9.64 Å². The first-order chi connectivity index (χ1) is 10.2. The van der Waals surface area contributed by atoms with E-state index < -0.39 is 0 Å². The SMILES string of the molecule is CCn1nc(C(=O)N2CCOC[C@@H]2c2ccn[nH]2)cc1C. The zero-order valence-corrected chi connectivity index (χ0v) is 12.2. The molecule has 1 aliphatic rings. The number of aryl methyl sites for hydroxylation is 2. The van der Waals surface area contributed by atoms with Gasteiger partial charge in [-0.25, -0.2) is 0 Å². The van der Waals surface area contributed by atoms with Gasteiger partial charge in [0.05, 0.1) is 24.9 Å². The predicted molar refractivity (Wildman–Crippen MR) is 75.8 cm³/mol. The molecular formula is C14H19N5O2. The fraction of sp³-hybridized carbons (Fsp3) is 0.500. The normalized spacial score (nSPS) is 19.0. The molecule has 3 heterocycles. The maximum atomic E-state index is 12.7. The van der Waals surface area contributed by atoms with Crippen LogP contribution < -0.4 is 0 Å². The van der Waals surface area contributed by atoms with Gasteiger partial charge in [-0.1, -0.05) is 0 Å². The molecular weight excluding hydrogens is 270 g/mol. The number of H-pyrrole nitrogens is 1. The second-order valence-corrected chi connectivity index (χ2v) is 5.09. The van der Waals surface area contributed by atoms with E-state index in [4.69, 9.17) is 4.74 Å². The largest absolute Gasteiger partial charge is 0.377 e. The van der Waals surface area contributed by atoms with Crippen molar-refractivity contribution in [3.8, 4) is 0 Å². The highest BCUT2D eigenvalue weighted by Gasteiger charge is 2.31. The molecule has 1 saturated heterocycles. The summed E-state index contributed by atoms with van der Waals surface area (Å²) in [6.07, 6.45) is 1.68. The molecule has 0 aliphatic carbocycles. The molecule has 1 atom stereocenters. The molecule has 3 rings (SSSR count). The van der Waals surface area contributed by atoms with E-state index in [1.54, 1.807) is 11.1 Å². The van der Waals surface area contributed by atoms with Crippen molar-refractivity contribution in [1.29, 1.82) is 0 Å². The topological polar surface area (TPSA) is 76.0 Å². The van der Waals surface area contributed by atoms with E-state index in [0.717, 1.165) is 17.9 Å². The van der Waals surface area contributed by atoms with Crippen molar-refractivity contribution in [1.82, 2.24) is 24.9 Å². The third-order valence-electron chi connectivity index (χ3n) is 3.77. The van der Waals surface area contributed by atoms with Crippen LogP contribution in [0.1, 0.15) is 34.8 Å². The average molecular weight is 289 g/mol. The zero-order valence-electron chi connectivity index (χ0n) is 12.2. The third kappa shape index (κ3) is 2.56. The third-order valence-corrected chi connectivity index (χ3v) is 3.77. The summed E-state index contributed by atoms with van der Waals surface area (Å²) in [5.74, 6) is -0.0619. The molecule has 112 valence electrons. The average Bonchev–Trinajstić information content (AvgIpc) is 3.15. The smallest absolute Gasteiger partial charge is 0.275 e. The predicted octanol–water partition coefficient (Wildman–Crippen LogP) is 1.15. The molecule has 1 amide bonds. The van der Waals surface area contributed by atoms with Gasteiger partial charge in [0.1, 0.15) is 0 Å². The van der Waals surface area contributed by atoms with E-state index >= 15 is 0 Å². The molecule has 7 nitrogen and oxygen atoms in total. The van der Waals surface area contributed by atoms with Crippen molar-refractivity contribution in [3.05, 3.63) is 35.4 Å². The van der Waals surface area contributed by atoms with Gasteiger partial charge >= 0.3 is 0 Å². The minimum absolute atomic E-state index is 0.0619. The number of aromatic nitrogens is 4. The maximum Gasteiger partial charge on any atom is 0.275 e. The molecule has 0 saturated carbocycles. The Bertz CT molecular complexity index is 619. The van der Waals surface area contributed by atoms with Gasteiger partial charge in [-0.15, -0.1) is 0 Å². The van der Waals surface area contributed by atoms with Crippen LogP contribution in [0.5, 0.6) is 0 Å². The van der Waals surface area contributed by atoms with Crippen LogP contribution in [0, 0.1) is 6.92 Å². The van der Waals surface area contributed by atoms with Crippen molar-refractivity contribution < 1.29 is 9.53 Å². The molecule has 7 heteroatoms. The summed E-state index contributed by atoms with van der Waals surface area (Å²) < 4.78 is 7.34. The summed E-state index contributed by atoms with van der Waals surface area (Å²) in [5, 5.41) is 11.3. The first kappa shape index (κ1) is 13.8. The Labute approximate surface area is 122 Å². The van der Waals surface area contributed by atoms with Gasteiger partial charge in [-0.3, -0.25) is 14.6 Å². The Morgan fingerprint density at radius 2 is 2.43 bits per heavy atom. The lowest BCUT2D eigenvalue weighted by atomic mass is 10.1. The number of morpholine rings is 1. The first-order valence-electron chi connectivity index (χ1n) is 7.13. The lowest BCUT2D eigenvalue weighted by molar-refractivity contribution is -0.00426. The van der Waals surface area contributed by atoms with Gasteiger partial charge in [0.15, 0.2) is 5.69 Å². The zero-order chi connectivity index (χ0) is 14.8. The van der Waals surface area contributed by atoms with Crippen LogP contribution in [0.4, 0.5) is 0 Å². The standard InChI is InChI=1S/C14H19N5O2/c1-3-19-10(2)8-12(17-19)14(20)18-6-7-21-9-13(18)11-4-5-15-16-11/h4-5,8,13H,3,6-7,9H2,1-2H3,(H,15,16)/t13-/m1/s1. The quantitative estimate of drug-likeness (QED) is 0.919. The van der Waals surface area contributed by atoms with Crippen LogP contribution in [-0.2, 0) is 11.3 Å². The fourth-order valence-electron chi connectivity index (χ4n) is 2.64. The van der Waals surface area contributed by atoms with E-state index in [1.807, 2.05) is 30.7 Å². The summed E-state index contributed by atoms with van der Waals surface area (Å²) in [6, 6.07) is 3.57. The lowest BCUT2D eigenvalue weighted by Crippen LogP contribution is -2.43. The van der Waals surface area contributed by atoms with Crippen LogP contribution in [0.25, 0.3) is 0 Å². The lowest BCUT2D eigenvalue weighted by Gasteiger charge is -2.34. The molecule has 0 bridgehead atoms. The van der Waals surface area contributed by atoms with Crippen LogP contribution in [-0.4, -0.2) is 50.5 Å². The molecule has 0 spiro atoms. The number of ether oxygens (including phenoxy) is 1. The summed E-state index contributed by atoms with van der Waals surface area (Å²) in [6.45, 7) is 6.30. The van der Waals surface area contributed by atoms with Gasteiger partial charge in [-0.2, -0.15) is 10.2 Å². The highest BCUT2D eigenvalue weighted by Crippen LogP contribution is 2.24. The van der Waals surface area contributed by atoms with Gasteiger partial charge in [-0.05, 0) is 26.0 Å². The number of rotatable bonds is 3. The van der Waals surface area contributed by atoms with Crippen molar-refractivity contribution in [2.75, 3.05) is 19.8 Å². The Morgan fingerprint density at radius 1 is 1.57 bits per heavy atom. The van der Waals surface area contributed by atoms with E-state index in [9.17, 15) is 4.79 Å². The Hall–Kier alpha value is -2.15. The molecule has 2 aromatic rings. The van der Waals surface area contributed by atoms with Gasteiger partial charge in [0.25, 0.3) is 5.91 Å². The number of hydrogen-bond donors (Lipinski definition) is 1. The molecule has 1 fully saturated rings. The number of hydrogen-bond acceptors (Lipinski definition) is 4. The molecule has 0 aromatic carbocycles. The van der Waals surface area contributed by atoms with E-state index in [2.05, 4.69) is 15.3 Å². The summed E-state index contributed by atoms with van der Waals surface area (Å²) in [4.78, 5) is 14.6. The summed E-state index contributed by atoms with van der Waals surface area (Å²) in [7, 11) is 0. The second-order valence-electron chi connectivity index (χ2n) is 5.09. The van der Waals surface area contributed by atoms with E-state index in [1.165, 1.54) is 0 Å². The second kappa shape index (κ2) is 5.69. The fourth-order valence-corrected chi connectivity index (χ4v) is 2.64. The summed E-state index contributed by atoms with van der Waals surface area (Å²) >= 11 is 0. The summed E-state index contributed by atoms with van der Waals surface area (Å²) in [5.41, 5.74) is 2.36. The molecule has 21 heavy (non-hydrogen) atoms. The molecule has 1 aliphatic heterocycles.